The molecule has 4 aliphatic rings. The van der Waals surface area contributed by atoms with Crippen LogP contribution in [0.15, 0.2) is 0 Å². The number of hydrogen-bond acceptors (Lipinski definition) is 4. The second kappa shape index (κ2) is 4.26. The summed E-state index contributed by atoms with van der Waals surface area (Å²) in [4.78, 5) is 23.2. The van der Waals surface area contributed by atoms with Gasteiger partial charge in [0.1, 0.15) is 17.5 Å². The monoisotopic (exact) mass is 302 g/mol. The van der Waals surface area contributed by atoms with Crippen LogP contribution in [-0.2, 0) is 19.1 Å². The molecule has 2 saturated heterocycles. The quantitative estimate of drug-likeness (QED) is 0.575. The predicted molar refractivity (Wildman–Crippen MR) is 62.5 cm³/mol. The Labute approximate surface area is 108 Å². The number of alkyl halides is 1. The summed E-state index contributed by atoms with van der Waals surface area (Å²) in [5, 5.41) is 0.198. The predicted octanol–water partition coefficient (Wildman–Crippen LogP) is 1.65. The highest BCUT2D eigenvalue weighted by atomic mass is 79.9. The van der Waals surface area contributed by atoms with E-state index in [1.54, 1.807) is 0 Å². The molecule has 0 aromatic carbocycles. The molecule has 17 heavy (non-hydrogen) atoms. The van der Waals surface area contributed by atoms with Gasteiger partial charge in [-0.1, -0.05) is 15.9 Å². The lowest BCUT2D eigenvalue weighted by molar-refractivity contribution is -0.170. The average Bonchev–Trinajstić information content (AvgIpc) is 2.47. The molecule has 4 bridgehead atoms. The van der Waals surface area contributed by atoms with Gasteiger partial charge in [-0.05, 0) is 31.6 Å². The molecule has 0 radical (unpaired) electrons. The van der Waals surface area contributed by atoms with Crippen LogP contribution in [0.1, 0.15) is 25.7 Å². The molecule has 94 valence electrons. The molecule has 0 aromatic heterocycles. The molecule has 4 nitrogen and oxygen atoms in total. The van der Waals surface area contributed by atoms with Crippen molar-refractivity contribution in [2.75, 3.05) is 5.33 Å². The molecule has 0 amide bonds. The molecule has 0 N–H and O–H groups in total. The SMILES string of the molecule is O=C(CBr)OC1C2CC3CC(C2)C(=O)OC1C3. The Bertz CT molecular complexity index is 356. The summed E-state index contributed by atoms with van der Waals surface area (Å²) in [6, 6.07) is 0. The second-order valence-corrected chi connectivity index (χ2v) is 5.89. The van der Waals surface area contributed by atoms with Gasteiger partial charge in [-0.25, -0.2) is 0 Å². The Balaban J connectivity index is 1.82. The minimum atomic E-state index is -0.265. The Morgan fingerprint density at radius 2 is 2.18 bits per heavy atom. The third kappa shape index (κ3) is 1.98. The molecular formula is C12H15BrO4. The van der Waals surface area contributed by atoms with Crippen LogP contribution >= 0.6 is 15.9 Å². The summed E-state index contributed by atoms with van der Waals surface area (Å²) in [6.45, 7) is 0. The highest BCUT2D eigenvalue weighted by Gasteiger charge is 2.51. The highest BCUT2D eigenvalue weighted by Crippen LogP contribution is 2.48. The molecule has 0 spiro atoms. The van der Waals surface area contributed by atoms with Gasteiger partial charge in [0.2, 0.25) is 0 Å². The van der Waals surface area contributed by atoms with Crippen LogP contribution in [-0.4, -0.2) is 29.5 Å². The number of hydrogen-bond donors (Lipinski definition) is 0. The molecule has 5 atom stereocenters. The third-order valence-electron chi connectivity index (χ3n) is 4.22. The lowest BCUT2D eigenvalue weighted by Gasteiger charge is -2.41. The normalized spacial score (nSPS) is 43.1. The van der Waals surface area contributed by atoms with Crippen LogP contribution in [0.3, 0.4) is 0 Å². The number of halogens is 1. The largest absolute Gasteiger partial charge is 0.458 e. The maximum atomic E-state index is 11.8. The van der Waals surface area contributed by atoms with E-state index in [0.29, 0.717) is 11.8 Å². The van der Waals surface area contributed by atoms with Crippen molar-refractivity contribution in [2.45, 2.75) is 37.9 Å². The van der Waals surface area contributed by atoms with E-state index in [4.69, 9.17) is 9.47 Å². The van der Waals surface area contributed by atoms with Gasteiger partial charge in [0.25, 0.3) is 0 Å². The molecule has 4 rings (SSSR count). The highest BCUT2D eigenvalue weighted by molar-refractivity contribution is 9.09. The summed E-state index contributed by atoms with van der Waals surface area (Å²) in [7, 11) is 0. The van der Waals surface area contributed by atoms with E-state index in [2.05, 4.69) is 15.9 Å². The zero-order chi connectivity index (χ0) is 12.0. The third-order valence-corrected chi connectivity index (χ3v) is 4.67. The molecular weight excluding hydrogens is 288 g/mol. The van der Waals surface area contributed by atoms with Crippen molar-refractivity contribution in [3.63, 3.8) is 0 Å². The van der Waals surface area contributed by atoms with Crippen molar-refractivity contribution in [1.82, 2.24) is 0 Å². The number of fused-ring (bicyclic) bond motifs is 1. The zero-order valence-electron chi connectivity index (χ0n) is 9.43. The van der Waals surface area contributed by atoms with Gasteiger partial charge < -0.3 is 9.47 Å². The summed E-state index contributed by atoms with van der Waals surface area (Å²) in [5.41, 5.74) is 0. The van der Waals surface area contributed by atoms with E-state index < -0.39 is 0 Å². The fraction of sp³-hybridized carbons (Fsp3) is 0.833. The Kier molecular flexibility index (Phi) is 2.89. The minimum absolute atomic E-state index is 0.0384. The van der Waals surface area contributed by atoms with Gasteiger partial charge in [-0.3, -0.25) is 9.59 Å². The van der Waals surface area contributed by atoms with Crippen LogP contribution in [0, 0.1) is 17.8 Å². The average molecular weight is 303 g/mol. The maximum absolute atomic E-state index is 11.8. The van der Waals surface area contributed by atoms with E-state index in [-0.39, 0.29) is 35.4 Å². The molecule has 2 aliphatic heterocycles. The Hall–Kier alpha value is -0.580. The van der Waals surface area contributed by atoms with E-state index in [1.807, 2.05) is 0 Å². The van der Waals surface area contributed by atoms with Gasteiger partial charge in [-0.2, -0.15) is 0 Å². The van der Waals surface area contributed by atoms with E-state index in [0.717, 1.165) is 25.7 Å². The molecule has 2 aliphatic carbocycles. The summed E-state index contributed by atoms with van der Waals surface area (Å²) in [5.74, 6) is 0.579. The first kappa shape index (κ1) is 11.5. The molecule has 2 saturated carbocycles. The van der Waals surface area contributed by atoms with Crippen LogP contribution in [0.4, 0.5) is 0 Å². The van der Waals surface area contributed by atoms with Crippen LogP contribution < -0.4 is 0 Å². The fourth-order valence-corrected chi connectivity index (χ4v) is 3.75. The fourth-order valence-electron chi connectivity index (χ4n) is 3.62. The first-order chi connectivity index (χ1) is 8.17. The van der Waals surface area contributed by atoms with E-state index in [1.165, 1.54) is 0 Å². The molecule has 4 fully saturated rings. The van der Waals surface area contributed by atoms with Crippen molar-refractivity contribution < 1.29 is 19.1 Å². The lowest BCUT2D eigenvalue weighted by atomic mass is 9.67. The van der Waals surface area contributed by atoms with Gasteiger partial charge in [0.05, 0.1) is 5.92 Å². The molecule has 0 aromatic rings. The second-order valence-electron chi connectivity index (χ2n) is 5.33. The molecule has 5 unspecified atom stereocenters. The standard InChI is InChI=1S/C12H15BrO4/c13-5-10(14)17-11-7-1-6-2-8(4-7)12(15)16-9(11)3-6/h6-9,11H,1-5H2. The van der Waals surface area contributed by atoms with Crippen molar-refractivity contribution >= 4 is 27.9 Å². The molecule has 2 heterocycles. The van der Waals surface area contributed by atoms with E-state index >= 15 is 0 Å². The van der Waals surface area contributed by atoms with Crippen molar-refractivity contribution in [3.05, 3.63) is 0 Å². The van der Waals surface area contributed by atoms with Crippen molar-refractivity contribution in [3.8, 4) is 0 Å². The first-order valence-corrected chi connectivity index (χ1v) is 7.25. The summed E-state index contributed by atoms with van der Waals surface area (Å²) < 4.78 is 10.9. The van der Waals surface area contributed by atoms with Crippen molar-refractivity contribution in [1.29, 1.82) is 0 Å². The number of rotatable bonds is 2. The number of carbonyl (C=O) groups is 2. The number of carbonyl (C=O) groups excluding carboxylic acids is 2. The maximum Gasteiger partial charge on any atom is 0.316 e. The lowest BCUT2D eigenvalue weighted by Crippen LogP contribution is -2.45. The van der Waals surface area contributed by atoms with Gasteiger partial charge in [-0.15, -0.1) is 0 Å². The topological polar surface area (TPSA) is 52.6 Å². The van der Waals surface area contributed by atoms with Crippen LogP contribution in [0.5, 0.6) is 0 Å². The van der Waals surface area contributed by atoms with Gasteiger partial charge in [0, 0.05) is 5.92 Å². The zero-order valence-corrected chi connectivity index (χ0v) is 11.0. The summed E-state index contributed by atoms with van der Waals surface area (Å²) >= 11 is 3.09. The van der Waals surface area contributed by atoms with Crippen molar-refractivity contribution in [2.24, 2.45) is 17.8 Å². The minimum Gasteiger partial charge on any atom is -0.458 e. The number of ether oxygens (including phenoxy) is 2. The van der Waals surface area contributed by atoms with Gasteiger partial charge >= 0.3 is 11.9 Å². The van der Waals surface area contributed by atoms with Crippen LogP contribution in [0.25, 0.3) is 0 Å². The number of esters is 2. The van der Waals surface area contributed by atoms with Gasteiger partial charge in [0.15, 0.2) is 0 Å². The first-order valence-electron chi connectivity index (χ1n) is 6.13. The van der Waals surface area contributed by atoms with E-state index in [9.17, 15) is 9.59 Å². The summed E-state index contributed by atoms with van der Waals surface area (Å²) in [6.07, 6.45) is 3.30. The smallest absolute Gasteiger partial charge is 0.316 e. The Morgan fingerprint density at radius 1 is 1.35 bits per heavy atom. The van der Waals surface area contributed by atoms with Crippen LogP contribution in [0.2, 0.25) is 0 Å². The molecule has 5 heteroatoms. The Morgan fingerprint density at radius 3 is 2.94 bits per heavy atom.